The molecule has 1 atom stereocenters. The monoisotopic (exact) mass is 507 g/mol. The molecule has 178 valence electrons. The molecule has 2 aromatic carbocycles. The van der Waals surface area contributed by atoms with Crippen LogP contribution in [-0.2, 0) is 6.42 Å². The van der Waals surface area contributed by atoms with E-state index < -0.39 is 11.2 Å². The number of nitrogens with zero attached hydrogens (tertiary/aromatic N) is 3. The number of piperidine rings is 1. The fourth-order valence-corrected chi connectivity index (χ4v) is 6.07. The fraction of sp³-hybridized carbons (Fsp3) is 0.269. The summed E-state index contributed by atoms with van der Waals surface area (Å²) in [6, 6.07) is 12.5. The maximum absolute atomic E-state index is 13.2. The predicted octanol–water partition coefficient (Wildman–Crippen LogP) is 4.22. The Morgan fingerprint density at radius 1 is 1.09 bits per heavy atom. The Morgan fingerprint density at radius 2 is 1.89 bits per heavy atom. The third-order valence-electron chi connectivity index (χ3n) is 7.66. The lowest BCUT2D eigenvalue weighted by Crippen LogP contribution is -2.44. The lowest BCUT2D eigenvalue weighted by atomic mass is 9.73. The van der Waals surface area contributed by atoms with Crippen molar-refractivity contribution in [3.8, 4) is 5.69 Å². The number of halogens is 2. The molecule has 0 saturated carbocycles. The molecule has 1 saturated heterocycles. The number of hydrogen-bond donors (Lipinski definition) is 2. The van der Waals surface area contributed by atoms with E-state index in [1.165, 1.54) is 11.1 Å². The Balaban J connectivity index is 1.30. The highest BCUT2D eigenvalue weighted by atomic mass is 35.5. The number of anilines is 1. The van der Waals surface area contributed by atoms with Crippen LogP contribution in [0.3, 0.4) is 0 Å². The molecule has 1 aliphatic heterocycles. The number of H-pyrrole nitrogens is 1. The minimum Gasteiger partial charge on any atom is -0.371 e. The van der Waals surface area contributed by atoms with Gasteiger partial charge in [-0.3, -0.25) is 9.78 Å². The number of hydrogen-bond acceptors (Lipinski definition) is 5. The van der Waals surface area contributed by atoms with Crippen LogP contribution in [0.4, 0.5) is 5.69 Å². The van der Waals surface area contributed by atoms with Crippen molar-refractivity contribution in [2.24, 2.45) is 11.1 Å². The average Bonchev–Trinajstić information content (AvgIpc) is 3.13. The molecule has 3 heterocycles. The lowest BCUT2D eigenvalue weighted by molar-refractivity contribution is 0.187. The summed E-state index contributed by atoms with van der Waals surface area (Å²) in [7, 11) is 0. The standard InChI is InChI=1S/C26H23Cl2N5O2/c27-19-2-1-3-21(22(19)28)33-24(34)18-5-4-16(12-20(18)31-25(33)35)32-10-7-26(8-11-32)13-15-14-30-9-6-17(15)23(26)29/h1-6,9,12,14,23H,7-8,10-11,13,29H2,(H,31,35)/t23-/m1/s1. The fourth-order valence-electron chi connectivity index (χ4n) is 5.69. The molecule has 0 bridgehead atoms. The number of benzene rings is 2. The second-order valence-corrected chi connectivity index (χ2v) is 10.2. The number of aromatic amines is 1. The summed E-state index contributed by atoms with van der Waals surface area (Å²) in [5, 5.41) is 0.830. The zero-order chi connectivity index (χ0) is 24.3. The predicted molar refractivity (Wildman–Crippen MR) is 139 cm³/mol. The van der Waals surface area contributed by atoms with E-state index in [-0.39, 0.29) is 27.2 Å². The van der Waals surface area contributed by atoms with Crippen LogP contribution in [0.25, 0.3) is 16.6 Å². The van der Waals surface area contributed by atoms with Crippen molar-refractivity contribution < 1.29 is 0 Å². The van der Waals surface area contributed by atoms with Crippen molar-refractivity contribution in [1.29, 1.82) is 0 Å². The molecule has 7 nitrogen and oxygen atoms in total. The quantitative estimate of drug-likeness (QED) is 0.423. The smallest absolute Gasteiger partial charge is 0.333 e. The maximum atomic E-state index is 13.2. The van der Waals surface area contributed by atoms with E-state index in [1.807, 2.05) is 30.6 Å². The molecule has 1 spiro atoms. The molecule has 0 unspecified atom stereocenters. The minimum atomic E-state index is -0.565. The van der Waals surface area contributed by atoms with Crippen molar-refractivity contribution in [2.45, 2.75) is 25.3 Å². The lowest BCUT2D eigenvalue weighted by Gasteiger charge is -2.43. The van der Waals surface area contributed by atoms with Crippen LogP contribution in [0.2, 0.25) is 10.0 Å². The van der Waals surface area contributed by atoms with Gasteiger partial charge in [-0.05, 0) is 72.2 Å². The van der Waals surface area contributed by atoms with E-state index in [2.05, 4.69) is 14.9 Å². The Bertz CT molecular complexity index is 1590. The third-order valence-corrected chi connectivity index (χ3v) is 8.47. The van der Waals surface area contributed by atoms with Gasteiger partial charge in [-0.2, -0.15) is 0 Å². The van der Waals surface area contributed by atoms with Crippen molar-refractivity contribution in [1.82, 2.24) is 14.5 Å². The van der Waals surface area contributed by atoms with E-state index in [4.69, 9.17) is 28.9 Å². The molecule has 9 heteroatoms. The topological polar surface area (TPSA) is 97.0 Å². The van der Waals surface area contributed by atoms with Crippen LogP contribution in [0.5, 0.6) is 0 Å². The van der Waals surface area contributed by atoms with Gasteiger partial charge in [-0.15, -0.1) is 0 Å². The molecule has 4 aromatic rings. The Morgan fingerprint density at radius 3 is 2.66 bits per heavy atom. The Kier molecular flexibility index (Phi) is 5.25. The molecule has 2 aliphatic rings. The average molecular weight is 508 g/mol. The second-order valence-electron chi connectivity index (χ2n) is 9.45. The van der Waals surface area contributed by atoms with Crippen molar-refractivity contribution >= 4 is 39.8 Å². The summed E-state index contributed by atoms with van der Waals surface area (Å²) < 4.78 is 1.02. The van der Waals surface area contributed by atoms with Gasteiger partial charge in [-0.25, -0.2) is 9.36 Å². The minimum absolute atomic E-state index is 0.0207. The highest BCUT2D eigenvalue weighted by Gasteiger charge is 2.46. The summed E-state index contributed by atoms with van der Waals surface area (Å²) in [5.41, 5.74) is 9.91. The first kappa shape index (κ1) is 22.3. The molecule has 2 aromatic heterocycles. The largest absolute Gasteiger partial charge is 0.371 e. The zero-order valence-corrected chi connectivity index (χ0v) is 20.3. The van der Waals surface area contributed by atoms with Crippen LogP contribution in [0.1, 0.15) is 30.0 Å². The van der Waals surface area contributed by atoms with Gasteiger partial charge in [0, 0.05) is 37.2 Å². The van der Waals surface area contributed by atoms with Crippen LogP contribution in [0.15, 0.2) is 64.4 Å². The zero-order valence-electron chi connectivity index (χ0n) is 18.8. The number of aromatic nitrogens is 3. The summed E-state index contributed by atoms with van der Waals surface area (Å²) >= 11 is 12.4. The van der Waals surface area contributed by atoms with Crippen molar-refractivity contribution in [3.05, 3.63) is 96.9 Å². The molecular formula is C26H23Cl2N5O2. The second kappa shape index (κ2) is 8.22. The maximum Gasteiger partial charge on any atom is 0.333 e. The van der Waals surface area contributed by atoms with Crippen LogP contribution in [-0.4, -0.2) is 27.6 Å². The summed E-state index contributed by atoms with van der Waals surface area (Å²) in [6.45, 7) is 1.69. The van der Waals surface area contributed by atoms with E-state index in [9.17, 15) is 9.59 Å². The Labute approximate surface area is 211 Å². The van der Waals surface area contributed by atoms with Crippen LogP contribution >= 0.6 is 23.2 Å². The Hall–Kier alpha value is -3.13. The van der Waals surface area contributed by atoms with Crippen molar-refractivity contribution in [3.63, 3.8) is 0 Å². The van der Waals surface area contributed by atoms with Gasteiger partial charge < -0.3 is 15.6 Å². The summed E-state index contributed by atoms with van der Waals surface area (Å²) in [6.07, 6.45) is 6.65. The van der Waals surface area contributed by atoms with Gasteiger partial charge in [0.25, 0.3) is 5.56 Å². The molecule has 0 radical (unpaired) electrons. The molecule has 1 aliphatic carbocycles. The molecule has 1 fully saturated rings. The van der Waals surface area contributed by atoms with E-state index in [1.54, 1.807) is 24.3 Å². The highest BCUT2D eigenvalue weighted by Crippen LogP contribution is 2.50. The molecule has 6 rings (SSSR count). The molecular weight excluding hydrogens is 485 g/mol. The first-order chi connectivity index (χ1) is 16.9. The number of rotatable bonds is 2. The summed E-state index contributed by atoms with van der Waals surface area (Å²) in [4.78, 5) is 35.5. The third kappa shape index (κ3) is 3.49. The van der Waals surface area contributed by atoms with Gasteiger partial charge in [0.1, 0.15) is 0 Å². The van der Waals surface area contributed by atoms with Gasteiger partial charge >= 0.3 is 5.69 Å². The van der Waals surface area contributed by atoms with Gasteiger partial charge in [-0.1, -0.05) is 29.3 Å². The normalized spacial score (nSPS) is 18.8. The number of nitrogens with one attached hydrogen (secondary N) is 1. The number of nitrogens with two attached hydrogens (primary N) is 1. The number of pyridine rings is 1. The summed E-state index contributed by atoms with van der Waals surface area (Å²) in [5.74, 6) is 0. The molecule has 3 N–H and O–H groups in total. The van der Waals surface area contributed by atoms with E-state index >= 15 is 0 Å². The van der Waals surface area contributed by atoms with Crippen LogP contribution in [0, 0.1) is 5.41 Å². The number of fused-ring (bicyclic) bond motifs is 2. The van der Waals surface area contributed by atoms with Crippen molar-refractivity contribution in [2.75, 3.05) is 18.0 Å². The van der Waals surface area contributed by atoms with E-state index in [0.29, 0.717) is 10.9 Å². The SMILES string of the molecule is N[C@@H]1c2ccncc2CC12CCN(c1ccc3c(=O)n(-c4cccc(Cl)c4Cl)c(=O)[nH]c3c1)CC2. The van der Waals surface area contributed by atoms with Crippen LogP contribution < -0.4 is 21.9 Å². The van der Waals surface area contributed by atoms with Gasteiger partial charge in [0.15, 0.2) is 0 Å². The molecule has 0 amide bonds. The van der Waals surface area contributed by atoms with Gasteiger partial charge in [0.2, 0.25) is 0 Å². The molecule has 35 heavy (non-hydrogen) atoms. The first-order valence-electron chi connectivity index (χ1n) is 11.5. The highest BCUT2D eigenvalue weighted by molar-refractivity contribution is 6.43. The van der Waals surface area contributed by atoms with Gasteiger partial charge in [0.05, 0.1) is 26.6 Å². The first-order valence-corrected chi connectivity index (χ1v) is 12.3. The van der Waals surface area contributed by atoms with E-state index in [0.717, 1.165) is 42.6 Å².